The molecule has 0 spiro atoms. The Morgan fingerprint density at radius 3 is 2.64 bits per heavy atom. The molecule has 2 aliphatic rings. The Hall–Kier alpha value is -3.65. The quantitative estimate of drug-likeness (QED) is 0.632. The molecule has 2 aromatic carbocycles. The van der Waals surface area contributed by atoms with Gasteiger partial charge in [-0.15, -0.1) is 6.58 Å². The Bertz CT molecular complexity index is 1160. The van der Waals surface area contributed by atoms with E-state index in [-0.39, 0.29) is 25.0 Å². The molecule has 0 saturated heterocycles. The first-order valence-corrected chi connectivity index (χ1v) is 10.7. The summed E-state index contributed by atoms with van der Waals surface area (Å²) < 4.78 is 13.2. The monoisotopic (exact) mass is 468 g/mol. The van der Waals surface area contributed by atoms with Gasteiger partial charge < -0.3 is 15.5 Å². The van der Waals surface area contributed by atoms with Crippen LogP contribution in [0.3, 0.4) is 0 Å². The van der Waals surface area contributed by atoms with E-state index >= 15 is 0 Å². The minimum Gasteiger partial charge on any atom is -0.326 e. The summed E-state index contributed by atoms with van der Waals surface area (Å²) in [5.41, 5.74) is 1.88. The summed E-state index contributed by atoms with van der Waals surface area (Å²) in [6, 6.07) is 10.4. The van der Waals surface area contributed by atoms with Crippen LogP contribution in [0, 0.1) is 5.82 Å². The SMILES string of the molecule is C=CCN1C(=O)N[C@@H](c2ccccc2Cl)C2=C1CN([C@@H](C)C(=O)Nc1ccc(F)cc1)C2=O. The van der Waals surface area contributed by atoms with Crippen molar-refractivity contribution in [2.75, 3.05) is 18.4 Å². The topological polar surface area (TPSA) is 81.8 Å². The van der Waals surface area contributed by atoms with Gasteiger partial charge in [0.05, 0.1) is 23.9 Å². The highest BCUT2D eigenvalue weighted by Gasteiger charge is 2.46. The summed E-state index contributed by atoms with van der Waals surface area (Å²) in [7, 11) is 0. The highest BCUT2D eigenvalue weighted by atomic mass is 35.5. The fourth-order valence-electron chi connectivity index (χ4n) is 4.01. The Morgan fingerprint density at radius 1 is 1.27 bits per heavy atom. The smallest absolute Gasteiger partial charge is 0.322 e. The minimum atomic E-state index is -0.847. The maximum Gasteiger partial charge on any atom is 0.322 e. The molecular formula is C24H22ClFN4O3. The zero-order chi connectivity index (χ0) is 23.7. The molecule has 0 saturated carbocycles. The zero-order valence-corrected chi connectivity index (χ0v) is 18.6. The molecule has 4 rings (SSSR count). The number of carbonyl (C=O) groups is 3. The number of nitrogens with one attached hydrogen (secondary N) is 2. The summed E-state index contributed by atoms with van der Waals surface area (Å²) in [6.45, 7) is 5.58. The summed E-state index contributed by atoms with van der Waals surface area (Å²) in [6.07, 6.45) is 1.57. The van der Waals surface area contributed by atoms with Gasteiger partial charge in [-0.25, -0.2) is 9.18 Å². The second-order valence-electron chi connectivity index (χ2n) is 7.77. The van der Waals surface area contributed by atoms with Crippen LogP contribution < -0.4 is 10.6 Å². The van der Waals surface area contributed by atoms with E-state index in [1.807, 2.05) is 0 Å². The number of anilines is 1. The Balaban J connectivity index is 1.64. The summed E-state index contributed by atoms with van der Waals surface area (Å²) in [5, 5.41) is 5.97. The number of hydrogen-bond acceptors (Lipinski definition) is 3. The molecule has 9 heteroatoms. The first kappa shape index (κ1) is 22.5. The van der Waals surface area contributed by atoms with Gasteiger partial charge in [0, 0.05) is 17.3 Å². The van der Waals surface area contributed by atoms with E-state index in [0.29, 0.717) is 27.5 Å². The Morgan fingerprint density at radius 2 is 1.97 bits per heavy atom. The molecule has 0 unspecified atom stereocenters. The van der Waals surface area contributed by atoms with Gasteiger partial charge in [-0.1, -0.05) is 35.9 Å². The normalized spacial score (nSPS) is 18.7. The second-order valence-corrected chi connectivity index (χ2v) is 8.18. The average Bonchev–Trinajstić information content (AvgIpc) is 3.14. The maximum atomic E-state index is 13.5. The lowest BCUT2D eigenvalue weighted by Crippen LogP contribution is -2.47. The van der Waals surface area contributed by atoms with E-state index < -0.39 is 23.8 Å². The van der Waals surface area contributed by atoms with Crippen molar-refractivity contribution in [1.29, 1.82) is 0 Å². The maximum absolute atomic E-state index is 13.5. The van der Waals surface area contributed by atoms with Gasteiger partial charge in [0.1, 0.15) is 11.9 Å². The van der Waals surface area contributed by atoms with Gasteiger partial charge in [-0.2, -0.15) is 0 Å². The van der Waals surface area contributed by atoms with Crippen LogP contribution in [0.1, 0.15) is 18.5 Å². The fraction of sp³-hybridized carbons (Fsp3) is 0.208. The van der Waals surface area contributed by atoms with Crippen molar-refractivity contribution in [3.63, 3.8) is 0 Å². The molecular weight excluding hydrogens is 447 g/mol. The number of nitrogens with zero attached hydrogens (tertiary/aromatic N) is 2. The van der Waals surface area contributed by atoms with Crippen molar-refractivity contribution >= 4 is 35.1 Å². The molecule has 33 heavy (non-hydrogen) atoms. The molecule has 7 nitrogen and oxygen atoms in total. The first-order valence-electron chi connectivity index (χ1n) is 10.4. The Kier molecular flexibility index (Phi) is 6.20. The van der Waals surface area contributed by atoms with E-state index in [2.05, 4.69) is 17.2 Å². The molecule has 2 aliphatic heterocycles. The predicted molar refractivity (Wildman–Crippen MR) is 123 cm³/mol. The van der Waals surface area contributed by atoms with Gasteiger partial charge in [0.15, 0.2) is 0 Å². The lowest BCUT2D eigenvalue weighted by atomic mass is 9.95. The highest BCUT2D eigenvalue weighted by molar-refractivity contribution is 6.31. The van der Waals surface area contributed by atoms with Gasteiger partial charge >= 0.3 is 6.03 Å². The molecule has 0 aromatic heterocycles. The van der Waals surface area contributed by atoms with Crippen LogP contribution in [0.2, 0.25) is 5.02 Å². The van der Waals surface area contributed by atoms with Gasteiger partial charge in [0.25, 0.3) is 5.91 Å². The van der Waals surface area contributed by atoms with E-state index in [1.54, 1.807) is 37.3 Å². The van der Waals surface area contributed by atoms with E-state index in [1.165, 1.54) is 34.1 Å². The largest absolute Gasteiger partial charge is 0.326 e. The molecule has 2 atom stereocenters. The molecule has 2 aromatic rings. The van der Waals surface area contributed by atoms with Crippen LogP contribution in [-0.4, -0.2) is 46.8 Å². The zero-order valence-electron chi connectivity index (χ0n) is 17.8. The van der Waals surface area contributed by atoms with Crippen molar-refractivity contribution in [2.45, 2.75) is 19.0 Å². The minimum absolute atomic E-state index is 0.0778. The number of carbonyl (C=O) groups excluding carboxylic acids is 3. The molecule has 2 heterocycles. The predicted octanol–water partition coefficient (Wildman–Crippen LogP) is 3.85. The molecule has 0 fully saturated rings. The van der Waals surface area contributed by atoms with Crippen molar-refractivity contribution in [3.8, 4) is 0 Å². The van der Waals surface area contributed by atoms with Crippen LogP contribution in [-0.2, 0) is 9.59 Å². The third-order valence-electron chi connectivity index (χ3n) is 5.74. The number of halogens is 2. The molecule has 0 aliphatic carbocycles. The van der Waals surface area contributed by atoms with Crippen molar-refractivity contribution in [1.82, 2.24) is 15.1 Å². The second kappa shape index (κ2) is 9.07. The average molecular weight is 469 g/mol. The van der Waals surface area contributed by atoms with E-state index in [0.717, 1.165) is 0 Å². The van der Waals surface area contributed by atoms with Gasteiger partial charge in [-0.05, 0) is 42.8 Å². The molecule has 170 valence electrons. The summed E-state index contributed by atoms with van der Waals surface area (Å²) in [4.78, 5) is 42.1. The lowest BCUT2D eigenvalue weighted by Gasteiger charge is -2.33. The molecule has 0 bridgehead atoms. The number of urea groups is 1. The summed E-state index contributed by atoms with van der Waals surface area (Å²) in [5.74, 6) is -1.22. The fourth-order valence-corrected chi connectivity index (χ4v) is 4.26. The van der Waals surface area contributed by atoms with Crippen LogP contribution >= 0.6 is 11.6 Å². The van der Waals surface area contributed by atoms with Crippen molar-refractivity contribution in [3.05, 3.63) is 88.9 Å². The number of hydrogen-bond donors (Lipinski definition) is 2. The van der Waals surface area contributed by atoms with Crippen molar-refractivity contribution in [2.24, 2.45) is 0 Å². The van der Waals surface area contributed by atoms with Crippen LogP contribution in [0.4, 0.5) is 14.9 Å². The number of benzene rings is 2. The third-order valence-corrected chi connectivity index (χ3v) is 6.08. The van der Waals surface area contributed by atoms with E-state index in [9.17, 15) is 18.8 Å². The standard InChI is InChI=1S/C24H22ClFN4O3/c1-3-12-29-19-13-30(14(2)22(31)27-16-10-8-15(26)9-11-16)23(32)20(19)21(28-24(29)33)17-6-4-5-7-18(17)25/h3-11,14,21H,1,12-13H2,2H3,(H,27,31)(H,28,33)/t14-,21-/m0/s1. The highest BCUT2D eigenvalue weighted by Crippen LogP contribution is 2.39. The molecule has 0 radical (unpaired) electrons. The van der Waals surface area contributed by atoms with Gasteiger partial charge in [-0.3, -0.25) is 14.5 Å². The lowest BCUT2D eigenvalue weighted by molar-refractivity contribution is -0.133. The first-order chi connectivity index (χ1) is 15.8. The van der Waals surface area contributed by atoms with Crippen LogP contribution in [0.5, 0.6) is 0 Å². The van der Waals surface area contributed by atoms with Crippen LogP contribution in [0.15, 0.2) is 72.5 Å². The van der Waals surface area contributed by atoms with E-state index in [4.69, 9.17) is 11.6 Å². The number of amides is 4. The third kappa shape index (κ3) is 4.21. The Labute approximate surface area is 195 Å². The number of rotatable bonds is 6. The molecule has 4 amide bonds. The van der Waals surface area contributed by atoms with Crippen molar-refractivity contribution < 1.29 is 18.8 Å². The summed E-state index contributed by atoms with van der Waals surface area (Å²) >= 11 is 6.37. The molecule has 2 N–H and O–H groups in total. The van der Waals surface area contributed by atoms with Gasteiger partial charge in [0.2, 0.25) is 5.91 Å². The van der Waals surface area contributed by atoms with Crippen LogP contribution in [0.25, 0.3) is 0 Å².